The Morgan fingerprint density at radius 3 is 1.19 bits per heavy atom. The van der Waals surface area contributed by atoms with Gasteiger partial charge in [0.2, 0.25) is 0 Å². The predicted molar refractivity (Wildman–Crippen MR) is 177 cm³/mol. The van der Waals surface area contributed by atoms with Crippen LogP contribution in [0.2, 0.25) is 0 Å². The molecule has 0 amide bonds. The maximum atomic E-state index is 5.08. The summed E-state index contributed by atoms with van der Waals surface area (Å²) >= 11 is 0. The van der Waals surface area contributed by atoms with Gasteiger partial charge in [-0.1, -0.05) is 36.4 Å². The molecule has 4 nitrogen and oxygen atoms in total. The molecule has 0 aliphatic rings. The minimum absolute atomic E-state index is 0.966. The zero-order valence-corrected chi connectivity index (χ0v) is 24.0. The molecule has 9 rings (SSSR count). The third kappa shape index (κ3) is 3.01. The number of aromatic nitrogens is 4. The summed E-state index contributed by atoms with van der Waals surface area (Å²) in [6.07, 6.45) is 3.97. The molecular weight excluding hydrogens is 512 g/mol. The van der Waals surface area contributed by atoms with Crippen LogP contribution in [0.15, 0.2) is 97.3 Å². The van der Waals surface area contributed by atoms with Crippen LogP contribution in [0.1, 0.15) is 22.3 Å². The third-order valence-electron chi connectivity index (χ3n) is 8.84. The molecule has 0 aliphatic heterocycles. The van der Waals surface area contributed by atoms with Gasteiger partial charge in [-0.15, -0.1) is 0 Å². The first-order valence-corrected chi connectivity index (χ1v) is 14.5. The van der Waals surface area contributed by atoms with Crippen LogP contribution in [0.5, 0.6) is 0 Å². The number of para-hydroxylation sites is 2. The van der Waals surface area contributed by atoms with Gasteiger partial charge >= 0.3 is 0 Å². The number of fused-ring (bicyclic) bond motifs is 12. The van der Waals surface area contributed by atoms with Crippen LogP contribution in [0.3, 0.4) is 0 Å². The Hall–Kier alpha value is -5.22. The molecule has 42 heavy (non-hydrogen) atoms. The molecule has 4 aromatic carbocycles. The van der Waals surface area contributed by atoms with Gasteiger partial charge in [0.05, 0.1) is 22.1 Å². The molecule has 0 spiro atoms. The van der Waals surface area contributed by atoms with E-state index in [0.717, 1.165) is 33.5 Å². The van der Waals surface area contributed by atoms with Gasteiger partial charge in [0.25, 0.3) is 0 Å². The zero-order valence-electron chi connectivity index (χ0n) is 24.0. The van der Waals surface area contributed by atoms with Crippen molar-refractivity contribution in [2.45, 2.75) is 27.7 Å². The summed E-state index contributed by atoms with van der Waals surface area (Å²) in [6, 6.07) is 31.5. The SMILES string of the molecule is Cc1cnc2c(c1)c1cc(C)cc3c4ccccc4c4cc(C)cc5c6cc(C)cnc6n(c6ccccc6n2c31)c45. The summed E-state index contributed by atoms with van der Waals surface area (Å²) < 4.78 is 4.77. The van der Waals surface area contributed by atoms with E-state index < -0.39 is 0 Å². The maximum absolute atomic E-state index is 5.08. The molecule has 0 saturated heterocycles. The molecule has 0 bridgehead atoms. The minimum atomic E-state index is 0.966. The fraction of sp³-hybridized carbons (Fsp3) is 0.105. The highest BCUT2D eigenvalue weighted by Crippen LogP contribution is 2.40. The van der Waals surface area contributed by atoms with Gasteiger partial charge < -0.3 is 0 Å². The largest absolute Gasteiger partial charge is 0.291 e. The quantitative estimate of drug-likeness (QED) is 0.192. The molecule has 0 unspecified atom stereocenters. The summed E-state index contributed by atoms with van der Waals surface area (Å²) in [4.78, 5) is 10.2. The number of rotatable bonds is 0. The van der Waals surface area contributed by atoms with E-state index in [1.54, 1.807) is 0 Å². The van der Waals surface area contributed by atoms with E-state index in [1.807, 2.05) is 12.4 Å². The van der Waals surface area contributed by atoms with E-state index in [9.17, 15) is 0 Å². The number of pyridine rings is 2. The number of aryl methyl sites for hydroxylation is 4. The van der Waals surface area contributed by atoms with Gasteiger partial charge in [-0.3, -0.25) is 8.80 Å². The Labute approximate surface area is 242 Å². The number of benzene rings is 4. The van der Waals surface area contributed by atoms with E-state index in [0.29, 0.717) is 0 Å². The topological polar surface area (TPSA) is 34.6 Å². The standard InChI is InChI=1S/C38H28N4/c1-21-13-27-25-9-5-6-10-26(25)28-14-22(2)16-30-32-18-24(4)20-40-38(32)42(36(28)30)34-12-8-7-11-33(34)41-35(27)29(15-21)31-17-23(3)19-39-37(31)41/h5-20H,1-4H3. The Kier molecular flexibility index (Phi) is 4.57. The molecular formula is C38H28N4. The first-order chi connectivity index (χ1) is 20.5. The van der Waals surface area contributed by atoms with Crippen molar-refractivity contribution in [3.63, 3.8) is 0 Å². The predicted octanol–water partition coefficient (Wildman–Crippen LogP) is 9.70. The highest BCUT2D eigenvalue weighted by Gasteiger charge is 2.19. The van der Waals surface area contributed by atoms with Crippen LogP contribution in [-0.2, 0) is 0 Å². The fourth-order valence-electron chi connectivity index (χ4n) is 7.21. The number of hydrogen-bond donors (Lipinski definition) is 0. The van der Waals surface area contributed by atoms with Gasteiger partial charge in [-0.25, -0.2) is 9.97 Å². The molecule has 0 radical (unpaired) electrons. The lowest BCUT2D eigenvalue weighted by molar-refractivity contribution is 1.21. The smallest absolute Gasteiger partial charge is 0.145 e. The minimum Gasteiger partial charge on any atom is -0.291 e. The van der Waals surface area contributed by atoms with Crippen LogP contribution in [0, 0.1) is 27.7 Å². The van der Waals surface area contributed by atoms with E-state index in [1.165, 1.54) is 65.3 Å². The van der Waals surface area contributed by atoms with E-state index in [-0.39, 0.29) is 0 Å². The van der Waals surface area contributed by atoms with Gasteiger partial charge in [0.15, 0.2) is 0 Å². The van der Waals surface area contributed by atoms with Crippen molar-refractivity contribution in [1.29, 1.82) is 0 Å². The van der Waals surface area contributed by atoms with Crippen molar-refractivity contribution in [3.8, 4) is 0 Å². The van der Waals surface area contributed by atoms with Gasteiger partial charge in [-0.05, 0) is 109 Å². The van der Waals surface area contributed by atoms with Crippen molar-refractivity contribution >= 4 is 76.5 Å². The van der Waals surface area contributed by atoms with Crippen LogP contribution in [0.4, 0.5) is 0 Å². The molecule has 0 fully saturated rings. The van der Waals surface area contributed by atoms with Crippen molar-refractivity contribution in [2.75, 3.05) is 0 Å². The van der Waals surface area contributed by atoms with Crippen LogP contribution in [0.25, 0.3) is 76.5 Å². The summed E-state index contributed by atoms with van der Waals surface area (Å²) in [6.45, 7) is 8.65. The Morgan fingerprint density at radius 1 is 0.405 bits per heavy atom. The van der Waals surface area contributed by atoms with Crippen molar-refractivity contribution in [1.82, 2.24) is 18.8 Å². The molecule has 0 atom stereocenters. The first-order valence-electron chi connectivity index (χ1n) is 14.5. The summed E-state index contributed by atoms with van der Waals surface area (Å²) in [7, 11) is 0. The lowest BCUT2D eigenvalue weighted by atomic mass is 9.99. The molecule has 5 aromatic heterocycles. The lowest BCUT2D eigenvalue weighted by Crippen LogP contribution is -1.95. The van der Waals surface area contributed by atoms with E-state index >= 15 is 0 Å². The lowest BCUT2D eigenvalue weighted by Gasteiger charge is -2.11. The molecule has 0 aliphatic carbocycles. The molecule has 0 saturated carbocycles. The van der Waals surface area contributed by atoms with E-state index in [4.69, 9.17) is 9.97 Å². The highest BCUT2D eigenvalue weighted by atomic mass is 15.0. The molecule has 200 valence electrons. The Bertz CT molecular complexity index is 2480. The summed E-state index contributed by atoms with van der Waals surface area (Å²) in [5, 5.41) is 9.68. The summed E-state index contributed by atoms with van der Waals surface area (Å²) in [5.74, 6) is 0. The molecule has 9 aromatic rings. The average Bonchev–Trinajstić information content (AvgIpc) is 3.48. The van der Waals surface area contributed by atoms with Gasteiger partial charge in [0, 0.05) is 44.7 Å². The second kappa shape index (κ2) is 8.17. The van der Waals surface area contributed by atoms with E-state index in [2.05, 4.69) is 121 Å². The number of hydrogen-bond acceptors (Lipinski definition) is 2. The van der Waals surface area contributed by atoms with Gasteiger partial charge in [-0.2, -0.15) is 0 Å². The monoisotopic (exact) mass is 540 g/mol. The second-order valence-electron chi connectivity index (χ2n) is 11.9. The van der Waals surface area contributed by atoms with Crippen molar-refractivity contribution < 1.29 is 0 Å². The van der Waals surface area contributed by atoms with Crippen LogP contribution >= 0.6 is 0 Å². The normalized spacial score (nSPS) is 12.3. The fourth-order valence-corrected chi connectivity index (χ4v) is 7.21. The summed E-state index contributed by atoms with van der Waals surface area (Å²) in [5.41, 5.74) is 11.3. The highest BCUT2D eigenvalue weighted by molar-refractivity contribution is 6.25. The van der Waals surface area contributed by atoms with Crippen molar-refractivity contribution in [3.05, 3.63) is 120 Å². The first kappa shape index (κ1) is 23.5. The van der Waals surface area contributed by atoms with Crippen LogP contribution < -0.4 is 0 Å². The molecule has 0 N–H and O–H groups in total. The Balaban J connectivity index is 1.80. The van der Waals surface area contributed by atoms with Crippen LogP contribution in [-0.4, -0.2) is 18.8 Å². The zero-order chi connectivity index (χ0) is 28.3. The van der Waals surface area contributed by atoms with Crippen molar-refractivity contribution in [2.24, 2.45) is 0 Å². The third-order valence-corrected chi connectivity index (χ3v) is 8.84. The Morgan fingerprint density at radius 2 is 0.762 bits per heavy atom. The molecule has 5 heterocycles. The second-order valence-corrected chi connectivity index (χ2v) is 11.9. The number of nitrogens with zero attached hydrogens (tertiary/aromatic N) is 4. The average molecular weight is 541 g/mol. The maximum Gasteiger partial charge on any atom is 0.145 e. The molecule has 4 heteroatoms. The van der Waals surface area contributed by atoms with Gasteiger partial charge in [0.1, 0.15) is 11.3 Å².